The van der Waals surface area contributed by atoms with Crippen molar-refractivity contribution in [3.05, 3.63) is 36.4 Å². The predicted molar refractivity (Wildman–Crippen MR) is 39.0 cm³/mol. The van der Waals surface area contributed by atoms with E-state index in [1.807, 2.05) is 6.20 Å². The first-order chi connectivity index (χ1) is 4.97. The van der Waals surface area contributed by atoms with Crippen LogP contribution in [0.4, 0.5) is 0 Å². The summed E-state index contributed by atoms with van der Waals surface area (Å²) in [6.45, 7) is 0. The number of fused-ring (bicyclic) bond motifs is 1. The second-order valence-corrected chi connectivity index (χ2v) is 2.33. The molecule has 2 nitrogen and oxygen atoms in total. The van der Waals surface area contributed by atoms with Crippen LogP contribution in [0.1, 0.15) is 6.42 Å². The maximum absolute atomic E-state index is 5.28. The highest BCUT2D eigenvalue weighted by Gasteiger charge is 2.14. The molecule has 2 aliphatic rings. The summed E-state index contributed by atoms with van der Waals surface area (Å²) in [4.78, 5) is 0. The Morgan fingerprint density at radius 2 is 2.60 bits per heavy atom. The number of nitrogens with one attached hydrogen (secondary N) is 1. The van der Waals surface area contributed by atoms with E-state index in [0.717, 1.165) is 12.1 Å². The van der Waals surface area contributed by atoms with Crippen LogP contribution in [-0.4, -0.2) is 6.10 Å². The second-order valence-electron chi connectivity index (χ2n) is 2.33. The summed E-state index contributed by atoms with van der Waals surface area (Å²) in [6, 6.07) is 0. The zero-order valence-corrected chi connectivity index (χ0v) is 5.58. The first-order valence-electron chi connectivity index (χ1n) is 3.40. The fourth-order valence-corrected chi connectivity index (χ4v) is 1.13. The van der Waals surface area contributed by atoms with E-state index in [2.05, 4.69) is 23.5 Å². The Bertz CT molecular complexity index is 215. The molecule has 1 atom stereocenters. The molecule has 1 unspecified atom stereocenters. The second kappa shape index (κ2) is 2.21. The molecule has 0 aromatic heterocycles. The van der Waals surface area contributed by atoms with Crippen molar-refractivity contribution >= 4 is 0 Å². The van der Waals surface area contributed by atoms with E-state index in [9.17, 15) is 0 Å². The van der Waals surface area contributed by atoms with E-state index in [4.69, 9.17) is 4.74 Å². The number of ether oxygens (including phenoxy) is 1. The molecule has 2 rings (SSSR count). The third-order valence-corrected chi connectivity index (χ3v) is 1.63. The standard InChI is InChI=1S/C8H9NO/c1-2-4-8-7(3-1)9-5-6-10-8/h2-6,8-9H,1H2. The van der Waals surface area contributed by atoms with Gasteiger partial charge in [0.1, 0.15) is 6.26 Å². The van der Waals surface area contributed by atoms with Crippen molar-refractivity contribution in [1.29, 1.82) is 0 Å². The van der Waals surface area contributed by atoms with Crippen molar-refractivity contribution in [1.82, 2.24) is 5.32 Å². The lowest BCUT2D eigenvalue weighted by Gasteiger charge is -2.22. The van der Waals surface area contributed by atoms with E-state index in [0.29, 0.717) is 0 Å². The molecule has 0 fully saturated rings. The Hall–Kier alpha value is -1.18. The lowest BCUT2D eigenvalue weighted by molar-refractivity contribution is 0.197. The number of hydrogen-bond acceptors (Lipinski definition) is 2. The van der Waals surface area contributed by atoms with E-state index in [-0.39, 0.29) is 6.10 Å². The summed E-state index contributed by atoms with van der Waals surface area (Å²) in [7, 11) is 0. The van der Waals surface area contributed by atoms with Gasteiger partial charge in [0.05, 0.1) is 5.70 Å². The highest BCUT2D eigenvalue weighted by Crippen LogP contribution is 2.15. The first-order valence-corrected chi connectivity index (χ1v) is 3.40. The molecule has 0 radical (unpaired) electrons. The van der Waals surface area contributed by atoms with Gasteiger partial charge in [0.15, 0.2) is 6.10 Å². The van der Waals surface area contributed by atoms with Crippen LogP contribution in [0.2, 0.25) is 0 Å². The van der Waals surface area contributed by atoms with Crippen molar-refractivity contribution in [3.63, 3.8) is 0 Å². The van der Waals surface area contributed by atoms with Crippen molar-refractivity contribution in [2.24, 2.45) is 0 Å². The monoisotopic (exact) mass is 135 g/mol. The summed E-state index contributed by atoms with van der Waals surface area (Å²) in [5, 5.41) is 3.13. The van der Waals surface area contributed by atoms with E-state index in [1.165, 1.54) is 0 Å². The minimum absolute atomic E-state index is 0.138. The van der Waals surface area contributed by atoms with Gasteiger partial charge in [-0.1, -0.05) is 12.2 Å². The minimum Gasteiger partial charge on any atom is -0.486 e. The van der Waals surface area contributed by atoms with Gasteiger partial charge in [0.2, 0.25) is 0 Å². The summed E-state index contributed by atoms with van der Waals surface area (Å²) < 4.78 is 5.28. The molecule has 0 saturated carbocycles. The van der Waals surface area contributed by atoms with Gasteiger partial charge in [-0.05, 0) is 12.5 Å². The van der Waals surface area contributed by atoms with Crippen molar-refractivity contribution < 1.29 is 4.74 Å². The maximum Gasteiger partial charge on any atom is 0.155 e. The Kier molecular flexibility index (Phi) is 1.24. The summed E-state index contributed by atoms with van der Waals surface area (Å²) in [5.74, 6) is 0. The molecule has 10 heavy (non-hydrogen) atoms. The number of rotatable bonds is 0. The molecule has 0 bridgehead atoms. The zero-order valence-electron chi connectivity index (χ0n) is 5.58. The van der Waals surface area contributed by atoms with E-state index in [1.54, 1.807) is 6.26 Å². The SMILES string of the molecule is C1=CC2OC=CNC2=CC1. The van der Waals surface area contributed by atoms with E-state index < -0.39 is 0 Å². The quantitative estimate of drug-likeness (QED) is 0.505. The fourth-order valence-electron chi connectivity index (χ4n) is 1.13. The number of hydrogen-bond donors (Lipinski definition) is 1. The van der Waals surface area contributed by atoms with Crippen LogP contribution >= 0.6 is 0 Å². The third kappa shape index (κ3) is 0.817. The Morgan fingerprint density at radius 3 is 3.50 bits per heavy atom. The lowest BCUT2D eigenvalue weighted by Crippen LogP contribution is -2.25. The van der Waals surface area contributed by atoms with Crippen molar-refractivity contribution in [3.8, 4) is 0 Å². The van der Waals surface area contributed by atoms with Gasteiger partial charge in [0.25, 0.3) is 0 Å². The lowest BCUT2D eigenvalue weighted by atomic mass is 10.1. The molecule has 1 aliphatic carbocycles. The van der Waals surface area contributed by atoms with Gasteiger partial charge in [-0.3, -0.25) is 0 Å². The molecule has 0 saturated heterocycles. The molecule has 2 heteroatoms. The summed E-state index contributed by atoms with van der Waals surface area (Å²) in [5.41, 5.74) is 1.16. The van der Waals surface area contributed by atoms with Crippen LogP contribution in [0.3, 0.4) is 0 Å². The normalized spacial score (nSPS) is 28.0. The Labute approximate surface area is 59.9 Å². The van der Waals surface area contributed by atoms with Crippen molar-refractivity contribution in [2.45, 2.75) is 12.5 Å². The third-order valence-electron chi connectivity index (χ3n) is 1.63. The molecule has 1 aliphatic heterocycles. The highest BCUT2D eigenvalue weighted by atomic mass is 16.5. The molecule has 0 amide bonds. The highest BCUT2D eigenvalue weighted by molar-refractivity contribution is 5.23. The average Bonchev–Trinajstić information content (AvgIpc) is 2.05. The molecule has 1 N–H and O–H groups in total. The van der Waals surface area contributed by atoms with Crippen LogP contribution in [0.5, 0.6) is 0 Å². The van der Waals surface area contributed by atoms with Gasteiger partial charge >= 0.3 is 0 Å². The van der Waals surface area contributed by atoms with Crippen molar-refractivity contribution in [2.75, 3.05) is 0 Å². The number of allylic oxidation sites excluding steroid dienone is 2. The first kappa shape index (κ1) is 5.59. The zero-order chi connectivity index (χ0) is 6.81. The summed E-state index contributed by atoms with van der Waals surface area (Å²) in [6.07, 6.45) is 10.9. The molecule has 52 valence electrons. The fraction of sp³-hybridized carbons (Fsp3) is 0.250. The van der Waals surface area contributed by atoms with Crippen LogP contribution in [0.25, 0.3) is 0 Å². The smallest absolute Gasteiger partial charge is 0.155 e. The molecule has 0 aromatic carbocycles. The van der Waals surface area contributed by atoms with Gasteiger partial charge in [-0.25, -0.2) is 0 Å². The molecular formula is C8H9NO. The largest absolute Gasteiger partial charge is 0.486 e. The molecular weight excluding hydrogens is 126 g/mol. The molecule has 0 spiro atoms. The predicted octanol–water partition coefficient (Wildman–Crippen LogP) is 1.29. The van der Waals surface area contributed by atoms with Gasteiger partial charge in [0, 0.05) is 6.20 Å². The Morgan fingerprint density at radius 1 is 1.60 bits per heavy atom. The minimum atomic E-state index is 0.138. The van der Waals surface area contributed by atoms with Crippen LogP contribution < -0.4 is 5.32 Å². The topological polar surface area (TPSA) is 21.3 Å². The molecule has 1 heterocycles. The maximum atomic E-state index is 5.28. The Balaban J connectivity index is 2.23. The molecule has 0 aromatic rings. The van der Waals surface area contributed by atoms with Crippen LogP contribution in [0, 0.1) is 0 Å². The van der Waals surface area contributed by atoms with Crippen LogP contribution in [-0.2, 0) is 4.74 Å². The van der Waals surface area contributed by atoms with Gasteiger partial charge in [-0.15, -0.1) is 0 Å². The van der Waals surface area contributed by atoms with E-state index >= 15 is 0 Å². The summed E-state index contributed by atoms with van der Waals surface area (Å²) >= 11 is 0. The van der Waals surface area contributed by atoms with Gasteiger partial charge in [-0.2, -0.15) is 0 Å². The van der Waals surface area contributed by atoms with Crippen LogP contribution in [0.15, 0.2) is 36.4 Å². The average molecular weight is 135 g/mol. The van der Waals surface area contributed by atoms with Gasteiger partial charge < -0.3 is 10.1 Å².